The Kier molecular flexibility index (Phi) is 1.77. The molecule has 0 spiro atoms. The van der Waals surface area contributed by atoms with Crippen molar-refractivity contribution in [1.82, 2.24) is 0 Å². The van der Waals surface area contributed by atoms with Gasteiger partial charge in [-0.15, -0.1) is 0 Å². The van der Waals surface area contributed by atoms with Crippen molar-refractivity contribution >= 4 is 0 Å². The van der Waals surface area contributed by atoms with E-state index < -0.39 is 0 Å². The smallest absolute Gasteiger partial charge is 0.0837 e. The van der Waals surface area contributed by atoms with E-state index in [-0.39, 0.29) is 30.1 Å². The molecule has 2 bridgehead atoms. The summed E-state index contributed by atoms with van der Waals surface area (Å²) in [5, 5.41) is 9.82. The predicted molar refractivity (Wildman–Crippen MR) is 46.8 cm³/mol. The summed E-state index contributed by atoms with van der Waals surface area (Å²) in [6, 6.07) is 0. The van der Waals surface area contributed by atoms with Crippen LogP contribution in [-0.2, 0) is 4.74 Å². The molecule has 0 saturated carbocycles. The summed E-state index contributed by atoms with van der Waals surface area (Å²) in [6.07, 6.45) is 1.05. The molecular weight excluding hydrogens is 152 g/mol. The maximum Gasteiger partial charge on any atom is 0.0837 e. The van der Waals surface area contributed by atoms with Crippen molar-refractivity contribution < 1.29 is 9.84 Å². The van der Waals surface area contributed by atoms with E-state index in [1.54, 1.807) is 0 Å². The van der Waals surface area contributed by atoms with Crippen LogP contribution in [0.3, 0.4) is 0 Å². The van der Waals surface area contributed by atoms with Crippen molar-refractivity contribution in [2.24, 2.45) is 11.8 Å². The normalized spacial score (nSPS) is 52.9. The monoisotopic (exact) mass is 168 g/mol. The maximum absolute atomic E-state index is 9.82. The largest absolute Gasteiger partial charge is 0.392 e. The lowest BCUT2D eigenvalue weighted by atomic mass is 9.87. The van der Waals surface area contributed by atoms with Crippen LogP contribution in [0.5, 0.6) is 0 Å². The first-order chi connectivity index (χ1) is 5.61. The third-order valence-electron chi connectivity index (χ3n) is 3.33. The van der Waals surface area contributed by atoms with E-state index in [0.717, 1.165) is 12.0 Å². The maximum atomic E-state index is 9.82. The van der Waals surface area contributed by atoms with Gasteiger partial charge in [0.2, 0.25) is 0 Å². The summed E-state index contributed by atoms with van der Waals surface area (Å²) in [7, 11) is 0. The Labute approximate surface area is 73.2 Å². The fourth-order valence-corrected chi connectivity index (χ4v) is 2.39. The molecule has 2 aliphatic rings. The zero-order valence-electron chi connectivity index (χ0n) is 7.66. The lowest BCUT2D eigenvalue weighted by molar-refractivity contribution is -0.121. The van der Waals surface area contributed by atoms with Crippen LogP contribution in [0.25, 0.3) is 0 Å². The number of hydrogen-bond donors (Lipinski definition) is 1. The minimum atomic E-state index is -0.215. The fraction of sp³-hybridized carbons (Fsp3) is 0.800. The highest BCUT2D eigenvalue weighted by Gasteiger charge is 2.46. The Morgan fingerprint density at radius 1 is 1.42 bits per heavy atom. The summed E-state index contributed by atoms with van der Waals surface area (Å²) in [5.74, 6) is 0.474. The minimum absolute atomic E-state index is 0.112. The van der Waals surface area contributed by atoms with E-state index in [1.165, 1.54) is 0 Å². The quantitative estimate of drug-likeness (QED) is 0.553. The second-order valence-electron chi connectivity index (χ2n) is 4.17. The van der Waals surface area contributed by atoms with Crippen molar-refractivity contribution in [3.05, 3.63) is 12.2 Å². The van der Waals surface area contributed by atoms with Gasteiger partial charge >= 0.3 is 0 Å². The first-order valence-electron chi connectivity index (χ1n) is 4.62. The summed E-state index contributed by atoms with van der Waals surface area (Å²) >= 11 is 0. The minimum Gasteiger partial charge on any atom is -0.392 e. The fourth-order valence-electron chi connectivity index (χ4n) is 2.39. The van der Waals surface area contributed by atoms with Gasteiger partial charge in [0.25, 0.3) is 0 Å². The Morgan fingerprint density at radius 2 is 2.08 bits per heavy atom. The summed E-state index contributed by atoms with van der Waals surface area (Å²) in [5.41, 5.74) is 1.16. The first kappa shape index (κ1) is 8.27. The number of hydrogen-bond acceptors (Lipinski definition) is 2. The van der Waals surface area contributed by atoms with Crippen LogP contribution in [0.15, 0.2) is 12.2 Å². The molecule has 12 heavy (non-hydrogen) atoms. The van der Waals surface area contributed by atoms with Crippen LogP contribution in [0.2, 0.25) is 0 Å². The Bertz CT molecular complexity index is 210. The van der Waals surface area contributed by atoms with Gasteiger partial charge in [-0.1, -0.05) is 20.4 Å². The van der Waals surface area contributed by atoms with Crippen molar-refractivity contribution in [2.75, 3.05) is 0 Å². The van der Waals surface area contributed by atoms with Crippen molar-refractivity contribution in [3.63, 3.8) is 0 Å². The molecule has 0 radical (unpaired) electrons. The Balaban J connectivity index is 2.25. The average Bonchev–Trinajstić information content (AvgIpc) is 2.39. The molecular formula is C10H16O2. The molecule has 0 amide bonds. The number of rotatable bonds is 0. The molecule has 1 N–H and O–H groups in total. The van der Waals surface area contributed by atoms with Gasteiger partial charge in [0.05, 0.1) is 18.3 Å². The predicted octanol–water partition coefficient (Wildman–Crippen LogP) is 1.35. The van der Waals surface area contributed by atoms with Gasteiger partial charge in [-0.3, -0.25) is 0 Å². The molecule has 2 saturated heterocycles. The van der Waals surface area contributed by atoms with E-state index in [9.17, 15) is 5.11 Å². The van der Waals surface area contributed by atoms with Crippen LogP contribution in [0, 0.1) is 11.8 Å². The Hall–Kier alpha value is -0.340. The summed E-state index contributed by atoms with van der Waals surface area (Å²) in [4.78, 5) is 0. The third kappa shape index (κ3) is 0.947. The van der Waals surface area contributed by atoms with Gasteiger partial charge in [0, 0.05) is 11.8 Å². The van der Waals surface area contributed by atoms with Crippen molar-refractivity contribution in [3.8, 4) is 0 Å². The molecule has 5 atom stereocenters. The molecule has 2 rings (SSSR count). The van der Waals surface area contributed by atoms with Gasteiger partial charge in [0.1, 0.15) is 0 Å². The summed E-state index contributed by atoms with van der Waals surface area (Å²) in [6.45, 7) is 8.08. The van der Waals surface area contributed by atoms with Crippen molar-refractivity contribution in [1.29, 1.82) is 0 Å². The molecule has 68 valence electrons. The summed E-state index contributed by atoms with van der Waals surface area (Å²) < 4.78 is 5.74. The number of aliphatic hydroxyl groups excluding tert-OH is 1. The lowest BCUT2D eigenvalue weighted by Crippen LogP contribution is -2.43. The van der Waals surface area contributed by atoms with E-state index in [2.05, 4.69) is 13.5 Å². The highest BCUT2D eigenvalue weighted by atomic mass is 16.5. The molecule has 2 heterocycles. The van der Waals surface area contributed by atoms with Crippen LogP contribution in [0.1, 0.15) is 20.3 Å². The van der Waals surface area contributed by atoms with Crippen LogP contribution in [-0.4, -0.2) is 23.4 Å². The Morgan fingerprint density at radius 3 is 2.75 bits per heavy atom. The van der Waals surface area contributed by atoms with Crippen LogP contribution >= 0.6 is 0 Å². The molecule has 2 fully saturated rings. The molecule has 0 aromatic heterocycles. The molecule has 0 aromatic carbocycles. The lowest BCUT2D eigenvalue weighted by Gasteiger charge is -2.36. The van der Waals surface area contributed by atoms with E-state index in [0.29, 0.717) is 0 Å². The first-order valence-corrected chi connectivity index (χ1v) is 4.62. The van der Waals surface area contributed by atoms with Gasteiger partial charge < -0.3 is 9.84 Å². The van der Waals surface area contributed by atoms with Crippen molar-refractivity contribution in [2.45, 2.75) is 38.6 Å². The van der Waals surface area contributed by atoms with Gasteiger partial charge in [0.15, 0.2) is 0 Å². The second kappa shape index (κ2) is 2.57. The molecule has 2 aliphatic heterocycles. The molecule has 0 aromatic rings. The zero-order valence-corrected chi connectivity index (χ0v) is 7.66. The zero-order chi connectivity index (χ0) is 8.88. The molecule has 2 nitrogen and oxygen atoms in total. The standard InChI is InChI=1S/C10H16O2/c1-5-4-8-6(2)9(11)7(3)10(5)12-8/h6-11H,1,4H2,2-3H3/t6-,7-,8+,9-,10-/m0/s1. The topological polar surface area (TPSA) is 29.5 Å². The number of ether oxygens (including phenoxy) is 1. The molecule has 0 aliphatic carbocycles. The highest BCUT2D eigenvalue weighted by molar-refractivity contribution is 5.16. The third-order valence-corrected chi connectivity index (χ3v) is 3.33. The SMILES string of the molecule is C=C1C[C@H]2O[C@@H]1[C@@H](C)[C@@H](O)[C@H]2C. The van der Waals surface area contributed by atoms with Gasteiger partial charge in [-0.05, 0) is 12.0 Å². The van der Waals surface area contributed by atoms with E-state index in [4.69, 9.17) is 4.74 Å². The molecule has 0 unspecified atom stereocenters. The number of aliphatic hydroxyl groups is 1. The van der Waals surface area contributed by atoms with Gasteiger partial charge in [-0.25, -0.2) is 0 Å². The van der Waals surface area contributed by atoms with Crippen LogP contribution in [0.4, 0.5) is 0 Å². The highest BCUT2D eigenvalue weighted by Crippen LogP contribution is 2.42. The van der Waals surface area contributed by atoms with Gasteiger partial charge in [-0.2, -0.15) is 0 Å². The second-order valence-corrected chi connectivity index (χ2v) is 4.17. The average molecular weight is 168 g/mol. The number of fused-ring (bicyclic) bond motifs is 2. The van der Waals surface area contributed by atoms with E-state index in [1.807, 2.05) is 6.92 Å². The van der Waals surface area contributed by atoms with Crippen LogP contribution < -0.4 is 0 Å². The van der Waals surface area contributed by atoms with E-state index >= 15 is 0 Å². The molecule has 2 heteroatoms.